The Morgan fingerprint density at radius 2 is 1.88 bits per heavy atom. The Balaban J connectivity index is 0.00000225. The molecule has 1 fully saturated rings. The quantitative estimate of drug-likeness (QED) is 0.716. The molecule has 2 heterocycles. The van der Waals surface area contributed by atoms with Gasteiger partial charge in [0.15, 0.2) is 0 Å². The van der Waals surface area contributed by atoms with Crippen molar-refractivity contribution in [3.8, 4) is 0 Å². The number of amides is 3. The first-order valence-electron chi connectivity index (χ1n) is 8.03. The molecule has 0 bridgehead atoms. The number of nitrogens with one attached hydrogen (secondary N) is 2. The van der Waals surface area contributed by atoms with Crippen LogP contribution < -0.4 is 10.6 Å². The monoisotopic (exact) mass is 429 g/mol. The molecule has 8 heteroatoms. The number of benzene rings is 1. The standard InChI is InChI=1S/C17H20BrN3O3.ClH/c1-17(4-6-19-7-5-17)10-20-14(22)9-21-15(23)12-3-2-11(18)8-13(12)16(21)24;/h2-3,8,19H,4-7,9-10H2,1H3,(H,20,22);1H. The van der Waals surface area contributed by atoms with Crippen LogP contribution in [0.15, 0.2) is 22.7 Å². The Kier molecular flexibility index (Phi) is 6.24. The molecule has 1 aromatic carbocycles. The van der Waals surface area contributed by atoms with E-state index in [4.69, 9.17) is 0 Å². The van der Waals surface area contributed by atoms with E-state index in [1.54, 1.807) is 18.2 Å². The first-order chi connectivity index (χ1) is 11.4. The van der Waals surface area contributed by atoms with E-state index in [-0.39, 0.29) is 30.3 Å². The average Bonchev–Trinajstić information content (AvgIpc) is 2.78. The highest BCUT2D eigenvalue weighted by Crippen LogP contribution is 2.27. The highest BCUT2D eigenvalue weighted by molar-refractivity contribution is 9.10. The summed E-state index contributed by atoms with van der Waals surface area (Å²) >= 11 is 3.29. The minimum absolute atomic E-state index is 0. The van der Waals surface area contributed by atoms with Gasteiger partial charge >= 0.3 is 0 Å². The molecule has 0 radical (unpaired) electrons. The second kappa shape index (κ2) is 7.85. The van der Waals surface area contributed by atoms with Crippen molar-refractivity contribution in [2.45, 2.75) is 19.8 Å². The molecule has 25 heavy (non-hydrogen) atoms. The largest absolute Gasteiger partial charge is 0.354 e. The Bertz CT molecular complexity index is 704. The van der Waals surface area contributed by atoms with Crippen molar-refractivity contribution in [3.05, 3.63) is 33.8 Å². The van der Waals surface area contributed by atoms with Crippen molar-refractivity contribution in [1.29, 1.82) is 0 Å². The molecule has 0 saturated carbocycles. The molecule has 2 N–H and O–H groups in total. The van der Waals surface area contributed by atoms with Crippen LogP contribution in [0.4, 0.5) is 0 Å². The summed E-state index contributed by atoms with van der Waals surface area (Å²) in [4.78, 5) is 37.9. The van der Waals surface area contributed by atoms with Crippen molar-refractivity contribution < 1.29 is 14.4 Å². The second-order valence-electron chi connectivity index (χ2n) is 6.72. The van der Waals surface area contributed by atoms with Gasteiger partial charge in [-0.1, -0.05) is 22.9 Å². The fraction of sp³-hybridized carbons (Fsp3) is 0.471. The van der Waals surface area contributed by atoms with Crippen molar-refractivity contribution in [1.82, 2.24) is 15.5 Å². The van der Waals surface area contributed by atoms with Crippen LogP contribution in [0.2, 0.25) is 0 Å². The minimum Gasteiger partial charge on any atom is -0.354 e. The molecule has 3 rings (SSSR count). The van der Waals surface area contributed by atoms with Crippen LogP contribution in [0.25, 0.3) is 0 Å². The molecule has 136 valence electrons. The summed E-state index contributed by atoms with van der Waals surface area (Å²) in [5.41, 5.74) is 0.752. The molecule has 2 aliphatic rings. The van der Waals surface area contributed by atoms with Gasteiger partial charge in [-0.15, -0.1) is 12.4 Å². The summed E-state index contributed by atoms with van der Waals surface area (Å²) in [7, 11) is 0. The summed E-state index contributed by atoms with van der Waals surface area (Å²) < 4.78 is 0.729. The average molecular weight is 431 g/mol. The van der Waals surface area contributed by atoms with Gasteiger partial charge in [0.25, 0.3) is 11.8 Å². The predicted octanol–water partition coefficient (Wildman–Crippen LogP) is 1.97. The SMILES string of the molecule is CC1(CNC(=O)CN2C(=O)c3ccc(Br)cc3C2=O)CCNCC1.Cl. The molecule has 0 spiro atoms. The molecular weight excluding hydrogens is 410 g/mol. The highest BCUT2D eigenvalue weighted by atomic mass is 79.9. The van der Waals surface area contributed by atoms with Gasteiger partial charge in [0.2, 0.25) is 5.91 Å². The number of hydrogen-bond donors (Lipinski definition) is 2. The van der Waals surface area contributed by atoms with Crippen LogP contribution >= 0.6 is 28.3 Å². The third kappa shape index (κ3) is 4.22. The molecule has 0 unspecified atom stereocenters. The molecule has 2 aliphatic heterocycles. The third-order valence-corrected chi connectivity index (χ3v) is 5.25. The lowest BCUT2D eigenvalue weighted by Crippen LogP contribution is -2.46. The van der Waals surface area contributed by atoms with Gasteiger partial charge in [-0.05, 0) is 49.5 Å². The topological polar surface area (TPSA) is 78.5 Å². The number of halogens is 2. The maximum atomic E-state index is 12.4. The number of hydrogen-bond acceptors (Lipinski definition) is 4. The van der Waals surface area contributed by atoms with Crippen LogP contribution in [0, 0.1) is 5.41 Å². The molecular formula is C17H21BrClN3O3. The number of fused-ring (bicyclic) bond motifs is 1. The minimum atomic E-state index is -0.417. The van der Waals surface area contributed by atoms with E-state index in [2.05, 4.69) is 33.5 Å². The van der Waals surface area contributed by atoms with E-state index >= 15 is 0 Å². The molecule has 3 amide bonds. The van der Waals surface area contributed by atoms with Gasteiger partial charge in [-0.25, -0.2) is 0 Å². The Morgan fingerprint density at radius 3 is 2.56 bits per heavy atom. The Morgan fingerprint density at radius 1 is 1.24 bits per heavy atom. The first-order valence-corrected chi connectivity index (χ1v) is 8.82. The van der Waals surface area contributed by atoms with Crippen molar-refractivity contribution >= 4 is 46.1 Å². The van der Waals surface area contributed by atoms with Crippen molar-refractivity contribution in [3.63, 3.8) is 0 Å². The van der Waals surface area contributed by atoms with E-state index in [0.29, 0.717) is 17.7 Å². The lowest BCUT2D eigenvalue weighted by atomic mass is 9.81. The van der Waals surface area contributed by atoms with E-state index in [1.807, 2.05) is 0 Å². The molecule has 0 aliphatic carbocycles. The zero-order valence-corrected chi connectivity index (χ0v) is 16.3. The van der Waals surface area contributed by atoms with Crippen molar-refractivity contribution in [2.24, 2.45) is 5.41 Å². The summed E-state index contributed by atoms with van der Waals surface area (Å²) in [6.07, 6.45) is 1.99. The van der Waals surface area contributed by atoms with E-state index in [1.165, 1.54) is 0 Å². The smallest absolute Gasteiger partial charge is 0.262 e. The van der Waals surface area contributed by atoms with Crippen LogP contribution in [0.5, 0.6) is 0 Å². The third-order valence-electron chi connectivity index (χ3n) is 4.76. The van der Waals surface area contributed by atoms with Gasteiger partial charge in [-0.2, -0.15) is 0 Å². The Hall–Kier alpha value is -1.44. The summed E-state index contributed by atoms with van der Waals surface area (Å²) in [6, 6.07) is 4.93. The molecule has 1 aromatic rings. The van der Waals surface area contributed by atoms with Gasteiger partial charge in [0.1, 0.15) is 6.54 Å². The molecule has 0 atom stereocenters. The van der Waals surface area contributed by atoms with Crippen LogP contribution in [0.3, 0.4) is 0 Å². The lowest BCUT2D eigenvalue weighted by Gasteiger charge is -2.34. The molecule has 0 aromatic heterocycles. The van der Waals surface area contributed by atoms with Crippen LogP contribution in [-0.4, -0.2) is 48.8 Å². The van der Waals surface area contributed by atoms with Crippen LogP contribution in [-0.2, 0) is 4.79 Å². The van der Waals surface area contributed by atoms with Gasteiger partial charge < -0.3 is 10.6 Å². The number of imide groups is 1. The maximum Gasteiger partial charge on any atom is 0.262 e. The first kappa shape index (κ1) is 19.9. The zero-order chi connectivity index (χ0) is 17.3. The second-order valence-corrected chi connectivity index (χ2v) is 7.64. The van der Waals surface area contributed by atoms with E-state index < -0.39 is 11.8 Å². The highest BCUT2D eigenvalue weighted by Gasteiger charge is 2.37. The predicted molar refractivity (Wildman–Crippen MR) is 100.0 cm³/mol. The van der Waals surface area contributed by atoms with Gasteiger partial charge in [0, 0.05) is 11.0 Å². The zero-order valence-electron chi connectivity index (χ0n) is 13.9. The lowest BCUT2D eigenvalue weighted by molar-refractivity contribution is -0.122. The van der Waals surface area contributed by atoms with E-state index in [9.17, 15) is 14.4 Å². The van der Waals surface area contributed by atoms with Gasteiger partial charge in [-0.3, -0.25) is 19.3 Å². The van der Waals surface area contributed by atoms with E-state index in [0.717, 1.165) is 35.3 Å². The maximum absolute atomic E-state index is 12.4. The van der Waals surface area contributed by atoms with Crippen molar-refractivity contribution in [2.75, 3.05) is 26.2 Å². The Labute approximate surface area is 161 Å². The number of carbonyl (C=O) groups excluding carboxylic acids is 3. The summed E-state index contributed by atoms with van der Waals surface area (Å²) in [5, 5.41) is 6.18. The number of nitrogens with zero attached hydrogens (tertiary/aromatic N) is 1. The molecule has 1 saturated heterocycles. The fourth-order valence-electron chi connectivity index (χ4n) is 3.13. The summed E-state index contributed by atoms with van der Waals surface area (Å²) in [5.74, 6) is -1.13. The normalized spacial score (nSPS) is 18.6. The number of rotatable bonds is 4. The van der Waals surface area contributed by atoms with Gasteiger partial charge in [0.05, 0.1) is 11.1 Å². The summed E-state index contributed by atoms with van der Waals surface area (Å²) in [6.45, 7) is 4.35. The fourth-order valence-corrected chi connectivity index (χ4v) is 3.49. The molecule has 6 nitrogen and oxygen atoms in total. The number of carbonyl (C=O) groups is 3. The number of piperidine rings is 1. The van der Waals surface area contributed by atoms with Crippen LogP contribution in [0.1, 0.15) is 40.5 Å².